The van der Waals surface area contributed by atoms with Gasteiger partial charge in [-0.2, -0.15) is 5.26 Å². The van der Waals surface area contributed by atoms with Crippen molar-refractivity contribution in [3.8, 4) is 17.6 Å². The molecule has 0 atom stereocenters. The number of carbonyl (C=O) groups is 1. The number of halogens is 1. The Balaban J connectivity index is 2.22. The van der Waals surface area contributed by atoms with Crippen LogP contribution in [0.3, 0.4) is 0 Å². The van der Waals surface area contributed by atoms with Gasteiger partial charge >= 0.3 is 0 Å². The molecule has 0 saturated heterocycles. The molecule has 0 saturated carbocycles. The van der Waals surface area contributed by atoms with Crippen molar-refractivity contribution >= 4 is 17.7 Å². The van der Waals surface area contributed by atoms with Crippen LogP contribution in [-0.4, -0.2) is 19.6 Å². The molecular weight excluding hydrogens is 347 g/mol. The molecule has 0 fully saturated rings. The summed E-state index contributed by atoms with van der Waals surface area (Å²) >= 11 is 0. The Kier molecular flexibility index (Phi) is 6.95. The first-order valence-corrected chi connectivity index (χ1v) is 8.43. The lowest BCUT2D eigenvalue weighted by atomic mass is 10.1. The van der Waals surface area contributed by atoms with Crippen LogP contribution in [0, 0.1) is 23.1 Å². The van der Waals surface area contributed by atoms with E-state index in [-0.39, 0.29) is 11.3 Å². The predicted octanol–water partition coefficient (Wildman–Crippen LogP) is 4.41. The second kappa shape index (κ2) is 9.39. The van der Waals surface area contributed by atoms with Gasteiger partial charge in [-0.25, -0.2) is 4.39 Å². The molecule has 0 aliphatic heterocycles. The van der Waals surface area contributed by atoms with E-state index in [0.717, 1.165) is 0 Å². The molecule has 1 amide bonds. The lowest BCUT2D eigenvalue weighted by molar-refractivity contribution is -0.112. The molecule has 0 aliphatic rings. The monoisotopic (exact) mass is 368 g/mol. The standard InChI is InChI=1S/C21H21FN2O3/c1-14(2)13-27-19-9-8-15(11-20(19)26-3)10-16(12-23)21(25)24-18-7-5-4-6-17(18)22/h4-11,14H,13H2,1-3H3,(H,24,25)/b16-10+. The van der Waals surface area contributed by atoms with Gasteiger partial charge in [0, 0.05) is 0 Å². The maximum absolute atomic E-state index is 13.7. The van der Waals surface area contributed by atoms with Gasteiger partial charge in [-0.05, 0) is 41.8 Å². The van der Waals surface area contributed by atoms with Crippen molar-refractivity contribution in [3.63, 3.8) is 0 Å². The fraction of sp³-hybridized carbons (Fsp3) is 0.238. The summed E-state index contributed by atoms with van der Waals surface area (Å²) in [6.45, 7) is 4.62. The molecule has 0 heterocycles. The normalized spacial score (nSPS) is 11.0. The number of nitrogens with zero attached hydrogens (tertiary/aromatic N) is 1. The minimum Gasteiger partial charge on any atom is -0.493 e. The second-order valence-electron chi connectivity index (χ2n) is 6.22. The van der Waals surface area contributed by atoms with Crippen molar-refractivity contribution in [1.82, 2.24) is 0 Å². The van der Waals surface area contributed by atoms with E-state index in [1.165, 1.54) is 31.4 Å². The fourth-order valence-electron chi connectivity index (χ4n) is 2.22. The molecule has 0 radical (unpaired) electrons. The smallest absolute Gasteiger partial charge is 0.266 e. The summed E-state index contributed by atoms with van der Waals surface area (Å²) in [6.07, 6.45) is 1.41. The van der Waals surface area contributed by atoms with Crippen molar-refractivity contribution < 1.29 is 18.7 Å². The third-order valence-corrected chi connectivity index (χ3v) is 3.56. The van der Waals surface area contributed by atoms with E-state index < -0.39 is 11.7 Å². The second-order valence-corrected chi connectivity index (χ2v) is 6.22. The number of methoxy groups -OCH3 is 1. The Morgan fingerprint density at radius 2 is 2.00 bits per heavy atom. The maximum atomic E-state index is 13.7. The topological polar surface area (TPSA) is 71.3 Å². The first-order valence-electron chi connectivity index (χ1n) is 8.43. The van der Waals surface area contributed by atoms with Crippen molar-refractivity contribution in [1.29, 1.82) is 5.26 Å². The van der Waals surface area contributed by atoms with Crippen LogP contribution >= 0.6 is 0 Å². The number of ether oxygens (including phenoxy) is 2. The van der Waals surface area contributed by atoms with Crippen LogP contribution < -0.4 is 14.8 Å². The van der Waals surface area contributed by atoms with E-state index >= 15 is 0 Å². The van der Waals surface area contributed by atoms with Gasteiger partial charge in [-0.1, -0.05) is 32.0 Å². The maximum Gasteiger partial charge on any atom is 0.266 e. The Hall–Kier alpha value is -3.33. The number of hydrogen-bond donors (Lipinski definition) is 1. The quantitative estimate of drug-likeness (QED) is 0.580. The SMILES string of the molecule is COc1cc(/C=C(\C#N)C(=O)Nc2ccccc2F)ccc1OCC(C)C. The number of anilines is 1. The summed E-state index contributed by atoms with van der Waals surface area (Å²) in [7, 11) is 1.52. The minimum absolute atomic E-state index is 0.0127. The van der Waals surface area contributed by atoms with Crippen molar-refractivity contribution in [2.45, 2.75) is 13.8 Å². The predicted molar refractivity (Wildman–Crippen MR) is 102 cm³/mol. The van der Waals surface area contributed by atoms with E-state index in [2.05, 4.69) is 5.32 Å². The van der Waals surface area contributed by atoms with Gasteiger partial charge in [0.2, 0.25) is 0 Å². The highest BCUT2D eigenvalue weighted by molar-refractivity contribution is 6.09. The molecule has 2 aromatic rings. The first-order chi connectivity index (χ1) is 12.9. The number of carbonyl (C=O) groups excluding carboxylic acids is 1. The van der Waals surface area contributed by atoms with Crippen LogP contribution in [-0.2, 0) is 4.79 Å². The van der Waals surface area contributed by atoms with Gasteiger partial charge in [0.15, 0.2) is 11.5 Å². The third-order valence-electron chi connectivity index (χ3n) is 3.56. The molecule has 6 heteroatoms. The number of nitrogens with one attached hydrogen (secondary N) is 1. The average Bonchev–Trinajstić information content (AvgIpc) is 2.66. The number of para-hydroxylation sites is 1. The molecule has 140 valence electrons. The molecule has 5 nitrogen and oxygen atoms in total. The number of amides is 1. The summed E-state index contributed by atoms with van der Waals surface area (Å²) < 4.78 is 24.7. The summed E-state index contributed by atoms with van der Waals surface area (Å²) in [5, 5.41) is 11.7. The highest BCUT2D eigenvalue weighted by Gasteiger charge is 2.13. The molecule has 0 unspecified atom stereocenters. The van der Waals surface area contributed by atoms with Crippen LogP contribution in [0.1, 0.15) is 19.4 Å². The van der Waals surface area contributed by atoms with Crippen LogP contribution in [0.2, 0.25) is 0 Å². The molecule has 27 heavy (non-hydrogen) atoms. The largest absolute Gasteiger partial charge is 0.493 e. The number of rotatable bonds is 7. The minimum atomic E-state index is -0.693. The Bertz CT molecular complexity index is 885. The van der Waals surface area contributed by atoms with E-state index in [4.69, 9.17) is 9.47 Å². The van der Waals surface area contributed by atoms with Crippen LogP contribution in [0.25, 0.3) is 6.08 Å². The van der Waals surface area contributed by atoms with Crippen molar-refractivity contribution in [3.05, 3.63) is 59.4 Å². The summed E-state index contributed by atoms with van der Waals surface area (Å²) in [5.41, 5.74) is 0.443. The van der Waals surface area contributed by atoms with Gasteiger partial charge in [-0.3, -0.25) is 4.79 Å². The lowest BCUT2D eigenvalue weighted by Crippen LogP contribution is -2.14. The molecule has 2 rings (SSSR count). The number of benzene rings is 2. The first kappa shape index (κ1) is 20.0. The van der Waals surface area contributed by atoms with E-state index in [0.29, 0.717) is 29.6 Å². The van der Waals surface area contributed by atoms with Crippen LogP contribution in [0.15, 0.2) is 48.0 Å². The molecular formula is C21H21FN2O3. The molecule has 0 bridgehead atoms. The molecule has 1 N–H and O–H groups in total. The fourth-order valence-corrected chi connectivity index (χ4v) is 2.22. The zero-order chi connectivity index (χ0) is 19.8. The van der Waals surface area contributed by atoms with Gasteiger partial charge in [-0.15, -0.1) is 0 Å². The zero-order valence-electron chi connectivity index (χ0n) is 15.5. The van der Waals surface area contributed by atoms with Gasteiger partial charge in [0.25, 0.3) is 5.91 Å². The van der Waals surface area contributed by atoms with Crippen molar-refractivity contribution in [2.75, 3.05) is 19.0 Å². The lowest BCUT2D eigenvalue weighted by Gasteiger charge is -2.13. The zero-order valence-corrected chi connectivity index (χ0v) is 15.5. The van der Waals surface area contributed by atoms with Gasteiger partial charge in [0.05, 0.1) is 19.4 Å². The summed E-state index contributed by atoms with van der Waals surface area (Å²) in [5.74, 6) is 0.175. The highest BCUT2D eigenvalue weighted by atomic mass is 19.1. The van der Waals surface area contributed by atoms with Gasteiger partial charge < -0.3 is 14.8 Å². The van der Waals surface area contributed by atoms with E-state index in [1.807, 2.05) is 19.9 Å². The Labute approximate surface area is 158 Å². The Morgan fingerprint density at radius 1 is 1.26 bits per heavy atom. The van der Waals surface area contributed by atoms with Crippen LogP contribution in [0.4, 0.5) is 10.1 Å². The molecule has 0 spiro atoms. The number of nitriles is 1. The Morgan fingerprint density at radius 3 is 2.63 bits per heavy atom. The highest BCUT2D eigenvalue weighted by Crippen LogP contribution is 2.29. The van der Waals surface area contributed by atoms with E-state index in [1.54, 1.807) is 24.3 Å². The van der Waals surface area contributed by atoms with Crippen molar-refractivity contribution in [2.24, 2.45) is 5.92 Å². The summed E-state index contributed by atoms with van der Waals surface area (Å²) in [6, 6.07) is 12.7. The third kappa shape index (κ3) is 5.58. The molecule has 0 aromatic heterocycles. The molecule has 0 aliphatic carbocycles. The molecule has 2 aromatic carbocycles. The summed E-state index contributed by atoms with van der Waals surface area (Å²) in [4.78, 5) is 12.3. The van der Waals surface area contributed by atoms with Gasteiger partial charge in [0.1, 0.15) is 17.5 Å². The number of hydrogen-bond acceptors (Lipinski definition) is 4. The van der Waals surface area contributed by atoms with E-state index in [9.17, 15) is 14.4 Å². The average molecular weight is 368 g/mol. The van der Waals surface area contributed by atoms with Crippen LogP contribution in [0.5, 0.6) is 11.5 Å².